The number of rotatable bonds is 3. The summed E-state index contributed by atoms with van der Waals surface area (Å²) in [6.45, 7) is 2.01. The molecule has 2 heterocycles. The molecule has 0 radical (unpaired) electrons. The van der Waals surface area contributed by atoms with Crippen LogP contribution in [0.3, 0.4) is 0 Å². The van der Waals surface area contributed by atoms with Gasteiger partial charge >= 0.3 is 0 Å². The minimum Gasteiger partial charge on any atom is -0.495 e. The molecule has 2 aliphatic heterocycles. The molecule has 1 aromatic rings. The fourth-order valence-electron chi connectivity index (χ4n) is 3.71. The summed E-state index contributed by atoms with van der Waals surface area (Å²) in [5, 5.41) is 0.544. The number of halogens is 1. The van der Waals surface area contributed by atoms with E-state index in [0.29, 0.717) is 23.0 Å². The zero-order valence-corrected chi connectivity index (χ0v) is 15.4. The predicted octanol–water partition coefficient (Wildman–Crippen LogP) is 3.49. The van der Waals surface area contributed by atoms with Gasteiger partial charge in [-0.2, -0.15) is 0 Å². The normalized spacial score (nSPS) is 21.8. The zero-order chi connectivity index (χ0) is 17.8. The van der Waals surface area contributed by atoms with Gasteiger partial charge in [0.2, 0.25) is 11.8 Å². The highest BCUT2D eigenvalue weighted by Gasteiger charge is 2.38. The second kappa shape index (κ2) is 8.09. The molecule has 25 heavy (non-hydrogen) atoms. The van der Waals surface area contributed by atoms with E-state index >= 15 is 0 Å². The van der Waals surface area contributed by atoms with E-state index < -0.39 is 0 Å². The third-order valence-corrected chi connectivity index (χ3v) is 5.31. The van der Waals surface area contributed by atoms with Crippen molar-refractivity contribution in [3.63, 3.8) is 0 Å². The number of hydrogen-bond donors (Lipinski definition) is 0. The predicted molar refractivity (Wildman–Crippen MR) is 98.1 cm³/mol. The maximum Gasteiger partial charge on any atom is 0.228 e. The van der Waals surface area contributed by atoms with Gasteiger partial charge in [0.05, 0.1) is 18.7 Å². The van der Waals surface area contributed by atoms with Crippen molar-refractivity contribution in [2.75, 3.05) is 31.6 Å². The molecule has 1 unspecified atom stereocenters. The van der Waals surface area contributed by atoms with Crippen LogP contribution < -0.4 is 9.64 Å². The van der Waals surface area contributed by atoms with Gasteiger partial charge in [-0.15, -0.1) is 0 Å². The molecule has 3 rings (SSSR count). The number of hydrogen-bond acceptors (Lipinski definition) is 3. The summed E-state index contributed by atoms with van der Waals surface area (Å²) >= 11 is 6.09. The topological polar surface area (TPSA) is 49.9 Å². The molecular formula is C19H25ClN2O3. The van der Waals surface area contributed by atoms with Crippen molar-refractivity contribution >= 4 is 29.1 Å². The Morgan fingerprint density at radius 2 is 1.84 bits per heavy atom. The molecule has 6 heteroatoms. The van der Waals surface area contributed by atoms with E-state index in [-0.39, 0.29) is 24.2 Å². The first kappa shape index (κ1) is 18.1. The highest BCUT2D eigenvalue weighted by Crippen LogP contribution is 2.35. The highest BCUT2D eigenvalue weighted by molar-refractivity contribution is 6.31. The summed E-state index contributed by atoms with van der Waals surface area (Å²) in [5.41, 5.74) is 0.642. The van der Waals surface area contributed by atoms with Gasteiger partial charge < -0.3 is 14.5 Å². The minimum atomic E-state index is -0.282. The smallest absolute Gasteiger partial charge is 0.228 e. The van der Waals surface area contributed by atoms with Crippen LogP contribution in [0.25, 0.3) is 0 Å². The maximum atomic E-state index is 12.9. The molecule has 0 aromatic heterocycles. The number of carbonyl (C=O) groups excluding carboxylic acids is 2. The Labute approximate surface area is 153 Å². The second-order valence-corrected chi connectivity index (χ2v) is 7.25. The van der Waals surface area contributed by atoms with Crippen molar-refractivity contribution in [1.29, 1.82) is 0 Å². The van der Waals surface area contributed by atoms with Crippen LogP contribution in [-0.4, -0.2) is 43.5 Å². The average Bonchev–Trinajstić information content (AvgIpc) is 2.95. The van der Waals surface area contributed by atoms with Gasteiger partial charge in [-0.3, -0.25) is 9.59 Å². The van der Waals surface area contributed by atoms with E-state index in [1.165, 1.54) is 19.3 Å². The maximum absolute atomic E-state index is 12.9. The Morgan fingerprint density at radius 1 is 1.16 bits per heavy atom. The number of carbonyl (C=O) groups is 2. The minimum absolute atomic E-state index is 0.0500. The van der Waals surface area contributed by atoms with E-state index in [1.54, 1.807) is 30.2 Å². The molecule has 0 saturated carbocycles. The van der Waals surface area contributed by atoms with Crippen molar-refractivity contribution in [2.45, 2.75) is 38.5 Å². The summed E-state index contributed by atoms with van der Waals surface area (Å²) in [5.74, 6) is 0.373. The van der Waals surface area contributed by atoms with Gasteiger partial charge in [0.15, 0.2) is 0 Å². The van der Waals surface area contributed by atoms with Crippen molar-refractivity contribution in [3.05, 3.63) is 23.2 Å². The van der Waals surface area contributed by atoms with E-state index in [9.17, 15) is 9.59 Å². The van der Waals surface area contributed by atoms with Crippen molar-refractivity contribution in [3.8, 4) is 5.75 Å². The third-order valence-electron chi connectivity index (χ3n) is 5.07. The average molecular weight is 365 g/mol. The standard InChI is InChI=1S/C19H25ClN2O3/c1-25-17-8-7-15(20)12-16(17)22-13-14(11-18(22)23)19(24)21-9-5-3-2-4-6-10-21/h7-8,12,14H,2-6,9-11,13H2,1H3. The van der Waals surface area contributed by atoms with E-state index in [1.807, 2.05) is 4.90 Å². The summed E-state index contributed by atoms with van der Waals surface area (Å²) < 4.78 is 5.36. The molecule has 2 aliphatic rings. The van der Waals surface area contributed by atoms with Crippen LogP contribution >= 0.6 is 11.6 Å². The van der Waals surface area contributed by atoms with E-state index in [4.69, 9.17) is 16.3 Å². The quantitative estimate of drug-likeness (QED) is 0.824. The number of methoxy groups -OCH3 is 1. The number of amides is 2. The van der Waals surface area contributed by atoms with Crippen LogP contribution in [0.1, 0.15) is 38.5 Å². The summed E-state index contributed by atoms with van der Waals surface area (Å²) in [4.78, 5) is 29.0. The highest BCUT2D eigenvalue weighted by atomic mass is 35.5. The number of ether oxygens (including phenoxy) is 1. The Kier molecular flexibility index (Phi) is 5.84. The van der Waals surface area contributed by atoms with Crippen LogP contribution in [0.4, 0.5) is 5.69 Å². The molecule has 1 atom stereocenters. The first-order valence-electron chi connectivity index (χ1n) is 9.03. The molecule has 0 spiro atoms. The monoisotopic (exact) mass is 364 g/mol. The molecule has 2 fully saturated rings. The first-order valence-corrected chi connectivity index (χ1v) is 9.40. The van der Waals surface area contributed by atoms with E-state index in [0.717, 1.165) is 25.9 Å². The second-order valence-electron chi connectivity index (χ2n) is 6.81. The van der Waals surface area contributed by atoms with Gasteiger partial charge in [-0.1, -0.05) is 30.9 Å². The number of nitrogens with zero attached hydrogens (tertiary/aromatic N) is 2. The molecule has 5 nitrogen and oxygen atoms in total. The molecule has 0 N–H and O–H groups in total. The molecular weight excluding hydrogens is 340 g/mol. The Bertz CT molecular complexity index is 642. The first-order chi connectivity index (χ1) is 12.1. The number of likely N-dealkylation sites (tertiary alicyclic amines) is 1. The largest absolute Gasteiger partial charge is 0.495 e. The lowest BCUT2D eigenvalue weighted by Gasteiger charge is -2.27. The molecule has 2 saturated heterocycles. The Morgan fingerprint density at radius 3 is 2.52 bits per heavy atom. The summed E-state index contributed by atoms with van der Waals surface area (Å²) in [6, 6.07) is 5.20. The van der Waals surface area contributed by atoms with Crippen LogP contribution in [0.5, 0.6) is 5.75 Å². The molecule has 0 bridgehead atoms. The fourth-order valence-corrected chi connectivity index (χ4v) is 3.87. The van der Waals surface area contributed by atoms with Crippen molar-refractivity contribution in [2.24, 2.45) is 5.92 Å². The number of anilines is 1. The van der Waals surface area contributed by atoms with E-state index in [2.05, 4.69) is 0 Å². The zero-order valence-electron chi connectivity index (χ0n) is 14.7. The molecule has 1 aromatic carbocycles. The lowest BCUT2D eigenvalue weighted by Crippen LogP contribution is -2.39. The number of benzene rings is 1. The van der Waals surface area contributed by atoms with Gasteiger partial charge in [0.25, 0.3) is 0 Å². The van der Waals surface area contributed by atoms with Gasteiger partial charge in [-0.25, -0.2) is 0 Å². The molecule has 136 valence electrons. The summed E-state index contributed by atoms with van der Waals surface area (Å²) in [6.07, 6.45) is 5.98. The lowest BCUT2D eigenvalue weighted by atomic mass is 10.0. The van der Waals surface area contributed by atoms with Crippen LogP contribution in [-0.2, 0) is 9.59 Å². The van der Waals surface area contributed by atoms with Gasteiger partial charge in [0.1, 0.15) is 5.75 Å². The van der Waals surface area contributed by atoms with Crippen molar-refractivity contribution < 1.29 is 14.3 Å². The molecule has 0 aliphatic carbocycles. The fraction of sp³-hybridized carbons (Fsp3) is 0.579. The van der Waals surface area contributed by atoms with Crippen molar-refractivity contribution in [1.82, 2.24) is 4.90 Å². The third kappa shape index (κ3) is 4.09. The summed E-state index contributed by atoms with van der Waals surface area (Å²) in [7, 11) is 1.57. The Balaban J connectivity index is 1.73. The van der Waals surface area contributed by atoms with Crippen LogP contribution in [0, 0.1) is 5.92 Å². The van der Waals surface area contributed by atoms with Gasteiger partial charge in [-0.05, 0) is 31.0 Å². The Hall–Kier alpha value is -1.75. The van der Waals surface area contributed by atoms with Crippen LogP contribution in [0.15, 0.2) is 18.2 Å². The lowest BCUT2D eigenvalue weighted by molar-refractivity contribution is -0.136. The SMILES string of the molecule is COc1ccc(Cl)cc1N1CC(C(=O)N2CCCCCCC2)CC1=O. The molecule has 2 amide bonds. The van der Waals surface area contributed by atoms with Crippen LogP contribution in [0.2, 0.25) is 5.02 Å². The van der Waals surface area contributed by atoms with Gasteiger partial charge in [0, 0.05) is 31.1 Å².